The molecule has 0 aliphatic carbocycles. The summed E-state index contributed by atoms with van der Waals surface area (Å²) >= 11 is 0. The van der Waals surface area contributed by atoms with Crippen molar-refractivity contribution in [3.8, 4) is 11.5 Å². The Morgan fingerprint density at radius 3 is 2.55 bits per heavy atom. The van der Waals surface area contributed by atoms with Crippen molar-refractivity contribution in [2.45, 2.75) is 18.9 Å². The molecule has 29 heavy (non-hydrogen) atoms. The molecule has 1 fully saturated rings. The number of hydrogen-bond donors (Lipinski definition) is 2. The lowest BCUT2D eigenvalue weighted by molar-refractivity contribution is 0.0679. The quantitative estimate of drug-likeness (QED) is 0.529. The number of para-hydroxylation sites is 1. The standard InChI is InChI=1S/C22H24N2O5/c1-2-13-28-20-8-4-3-7-19(20)22(26)24-23-21(25)16-9-11-17(12-10-16)29-15-18-6-5-14-27-18/h2-4,7-12,18H,1,5-6,13-15H2,(H,23,25)(H,24,26). The van der Waals surface area contributed by atoms with Gasteiger partial charge in [-0.25, -0.2) is 0 Å². The van der Waals surface area contributed by atoms with E-state index in [1.54, 1.807) is 54.6 Å². The van der Waals surface area contributed by atoms with Crippen LogP contribution in [-0.2, 0) is 4.74 Å². The molecule has 152 valence electrons. The van der Waals surface area contributed by atoms with Crippen molar-refractivity contribution >= 4 is 11.8 Å². The van der Waals surface area contributed by atoms with Crippen LogP contribution in [0.25, 0.3) is 0 Å². The molecule has 0 saturated carbocycles. The summed E-state index contributed by atoms with van der Waals surface area (Å²) in [6, 6.07) is 13.5. The summed E-state index contributed by atoms with van der Waals surface area (Å²) in [5.41, 5.74) is 5.51. The smallest absolute Gasteiger partial charge is 0.273 e. The average molecular weight is 396 g/mol. The summed E-state index contributed by atoms with van der Waals surface area (Å²) in [5, 5.41) is 0. The van der Waals surface area contributed by atoms with Crippen LogP contribution in [0.1, 0.15) is 33.6 Å². The van der Waals surface area contributed by atoms with Crippen LogP contribution in [0, 0.1) is 0 Å². The molecule has 2 aromatic rings. The van der Waals surface area contributed by atoms with Crippen LogP contribution in [-0.4, -0.2) is 37.7 Å². The Hall–Kier alpha value is -3.32. The van der Waals surface area contributed by atoms with Gasteiger partial charge in [0.05, 0.1) is 11.7 Å². The fourth-order valence-corrected chi connectivity index (χ4v) is 2.85. The minimum atomic E-state index is -0.477. The summed E-state index contributed by atoms with van der Waals surface area (Å²) < 4.78 is 16.7. The largest absolute Gasteiger partial charge is 0.491 e. The Kier molecular flexibility index (Phi) is 7.24. The van der Waals surface area contributed by atoms with Gasteiger partial charge in [0, 0.05) is 12.2 Å². The SMILES string of the molecule is C=CCOc1ccccc1C(=O)NNC(=O)c1ccc(OCC2CCCO2)cc1. The molecule has 0 aromatic heterocycles. The number of amides is 2. The van der Waals surface area contributed by atoms with Gasteiger partial charge in [-0.3, -0.25) is 20.4 Å². The van der Waals surface area contributed by atoms with E-state index in [9.17, 15) is 9.59 Å². The first-order chi connectivity index (χ1) is 14.2. The number of carbonyl (C=O) groups excluding carboxylic acids is 2. The maximum absolute atomic E-state index is 12.4. The van der Waals surface area contributed by atoms with Gasteiger partial charge in [-0.15, -0.1) is 0 Å². The lowest BCUT2D eigenvalue weighted by atomic mass is 10.2. The second-order valence-electron chi connectivity index (χ2n) is 6.47. The van der Waals surface area contributed by atoms with E-state index in [1.807, 2.05) is 0 Å². The molecule has 1 aliphatic heterocycles. The van der Waals surface area contributed by atoms with Crippen molar-refractivity contribution in [1.29, 1.82) is 0 Å². The lowest BCUT2D eigenvalue weighted by Gasteiger charge is -2.12. The number of carbonyl (C=O) groups is 2. The van der Waals surface area contributed by atoms with E-state index in [-0.39, 0.29) is 12.7 Å². The highest BCUT2D eigenvalue weighted by Gasteiger charge is 2.16. The van der Waals surface area contributed by atoms with Crippen LogP contribution in [0.2, 0.25) is 0 Å². The van der Waals surface area contributed by atoms with Crippen LogP contribution in [0.4, 0.5) is 0 Å². The van der Waals surface area contributed by atoms with Crippen molar-refractivity contribution < 1.29 is 23.8 Å². The minimum Gasteiger partial charge on any atom is -0.491 e. The highest BCUT2D eigenvalue weighted by atomic mass is 16.5. The van der Waals surface area contributed by atoms with Gasteiger partial charge in [0.25, 0.3) is 11.8 Å². The Morgan fingerprint density at radius 2 is 1.83 bits per heavy atom. The first kappa shape index (κ1) is 20.4. The third-order valence-corrected chi connectivity index (χ3v) is 4.35. The Labute approximate surface area is 169 Å². The van der Waals surface area contributed by atoms with Crippen LogP contribution in [0.15, 0.2) is 61.2 Å². The van der Waals surface area contributed by atoms with Crippen LogP contribution in [0.5, 0.6) is 11.5 Å². The van der Waals surface area contributed by atoms with Crippen molar-refractivity contribution in [2.75, 3.05) is 19.8 Å². The summed E-state index contributed by atoms with van der Waals surface area (Å²) in [6.07, 6.45) is 3.78. The second-order valence-corrected chi connectivity index (χ2v) is 6.47. The van der Waals surface area contributed by atoms with Gasteiger partial charge in [0.15, 0.2) is 0 Å². The average Bonchev–Trinajstić information content (AvgIpc) is 3.28. The van der Waals surface area contributed by atoms with E-state index in [0.717, 1.165) is 19.4 Å². The minimum absolute atomic E-state index is 0.131. The Bertz CT molecular complexity index is 845. The second kappa shape index (κ2) is 10.3. The molecular formula is C22H24N2O5. The van der Waals surface area contributed by atoms with Crippen molar-refractivity contribution in [3.63, 3.8) is 0 Å². The third-order valence-electron chi connectivity index (χ3n) is 4.35. The number of nitrogens with one attached hydrogen (secondary N) is 2. The van der Waals surface area contributed by atoms with E-state index in [1.165, 1.54) is 0 Å². The number of ether oxygens (including phenoxy) is 3. The normalized spacial score (nSPS) is 15.4. The molecule has 1 atom stereocenters. The molecule has 1 aliphatic rings. The number of rotatable bonds is 8. The molecule has 2 N–H and O–H groups in total. The predicted molar refractivity (Wildman–Crippen MR) is 108 cm³/mol. The van der Waals surface area contributed by atoms with E-state index in [2.05, 4.69) is 17.4 Å². The zero-order valence-electron chi connectivity index (χ0n) is 16.1. The highest BCUT2D eigenvalue weighted by Crippen LogP contribution is 2.18. The van der Waals surface area contributed by atoms with Crippen molar-refractivity contribution in [1.82, 2.24) is 10.9 Å². The predicted octanol–water partition coefficient (Wildman–Crippen LogP) is 2.88. The summed E-state index contributed by atoms with van der Waals surface area (Å²) in [4.78, 5) is 24.7. The highest BCUT2D eigenvalue weighted by molar-refractivity contribution is 6.00. The summed E-state index contributed by atoms with van der Waals surface area (Å²) in [6.45, 7) is 5.14. The molecule has 0 bridgehead atoms. The molecule has 2 amide bonds. The van der Waals surface area contributed by atoms with E-state index < -0.39 is 11.8 Å². The van der Waals surface area contributed by atoms with Gasteiger partial charge >= 0.3 is 0 Å². The Morgan fingerprint density at radius 1 is 1.07 bits per heavy atom. The number of benzene rings is 2. The molecule has 3 rings (SSSR count). The maximum Gasteiger partial charge on any atom is 0.273 e. The van der Waals surface area contributed by atoms with Gasteiger partial charge in [-0.1, -0.05) is 24.8 Å². The van der Waals surface area contributed by atoms with Gasteiger partial charge in [0.2, 0.25) is 0 Å². The van der Waals surface area contributed by atoms with Crippen LogP contribution < -0.4 is 20.3 Å². The Balaban J connectivity index is 1.51. The molecule has 2 aromatic carbocycles. The van der Waals surface area contributed by atoms with E-state index >= 15 is 0 Å². The first-order valence-corrected chi connectivity index (χ1v) is 9.45. The molecule has 7 heteroatoms. The van der Waals surface area contributed by atoms with Crippen LogP contribution >= 0.6 is 0 Å². The first-order valence-electron chi connectivity index (χ1n) is 9.45. The molecule has 1 saturated heterocycles. The lowest BCUT2D eigenvalue weighted by Crippen LogP contribution is -2.41. The fourth-order valence-electron chi connectivity index (χ4n) is 2.85. The van der Waals surface area contributed by atoms with Crippen molar-refractivity contribution in [2.24, 2.45) is 0 Å². The van der Waals surface area contributed by atoms with E-state index in [0.29, 0.717) is 29.2 Å². The van der Waals surface area contributed by atoms with E-state index in [4.69, 9.17) is 14.2 Å². The summed E-state index contributed by atoms with van der Waals surface area (Å²) in [5.74, 6) is 0.157. The van der Waals surface area contributed by atoms with Gasteiger partial charge in [0.1, 0.15) is 24.7 Å². The zero-order chi connectivity index (χ0) is 20.5. The topological polar surface area (TPSA) is 85.9 Å². The van der Waals surface area contributed by atoms with Gasteiger partial charge < -0.3 is 14.2 Å². The van der Waals surface area contributed by atoms with Crippen LogP contribution in [0.3, 0.4) is 0 Å². The third kappa shape index (κ3) is 5.83. The molecule has 1 unspecified atom stereocenters. The van der Waals surface area contributed by atoms with Crippen molar-refractivity contribution in [3.05, 3.63) is 72.3 Å². The maximum atomic E-state index is 12.4. The number of hydrazine groups is 1. The molecule has 7 nitrogen and oxygen atoms in total. The monoisotopic (exact) mass is 396 g/mol. The molecule has 0 radical (unpaired) electrons. The zero-order valence-corrected chi connectivity index (χ0v) is 16.1. The molecular weight excluding hydrogens is 372 g/mol. The molecule has 1 heterocycles. The van der Waals surface area contributed by atoms with Gasteiger partial charge in [-0.05, 0) is 49.2 Å². The molecule has 0 spiro atoms. The van der Waals surface area contributed by atoms with Gasteiger partial charge in [-0.2, -0.15) is 0 Å². The number of hydrogen-bond acceptors (Lipinski definition) is 5. The fraction of sp³-hybridized carbons (Fsp3) is 0.273. The summed E-state index contributed by atoms with van der Waals surface area (Å²) in [7, 11) is 0.